The quantitative estimate of drug-likeness (QED) is 0.861. The van der Waals surface area contributed by atoms with Gasteiger partial charge >= 0.3 is 0 Å². The summed E-state index contributed by atoms with van der Waals surface area (Å²) in [6.07, 6.45) is 0. The van der Waals surface area contributed by atoms with Gasteiger partial charge in [0.05, 0.1) is 5.92 Å². The number of carbonyl (C=O) groups excluding carboxylic acids is 1. The smallest absolute Gasteiger partial charge is 0.232 e. The molecule has 0 fully saturated rings. The summed E-state index contributed by atoms with van der Waals surface area (Å²) in [6, 6.07) is 19.5. The molecule has 0 saturated carbocycles. The highest BCUT2D eigenvalue weighted by molar-refractivity contribution is 5.87. The molecule has 0 bridgehead atoms. The van der Waals surface area contributed by atoms with Crippen LogP contribution in [0.5, 0.6) is 0 Å². The Balaban J connectivity index is 2.27. The fourth-order valence-corrected chi connectivity index (χ4v) is 2.39. The summed E-state index contributed by atoms with van der Waals surface area (Å²) in [5.41, 5.74) is 1.94. The zero-order valence-corrected chi connectivity index (χ0v) is 13.1. The zero-order chi connectivity index (χ0) is 15.9. The zero-order valence-electron chi connectivity index (χ0n) is 13.1. The first-order chi connectivity index (χ1) is 10.6. The first-order valence-electron chi connectivity index (χ1n) is 7.64. The lowest BCUT2D eigenvalue weighted by molar-refractivity contribution is -0.122. The number of rotatable bonds is 6. The molecular formula is C19H23NO2. The van der Waals surface area contributed by atoms with E-state index < -0.39 is 0 Å². The Morgan fingerprint density at radius 3 is 1.82 bits per heavy atom. The molecule has 2 N–H and O–H groups in total. The fourth-order valence-electron chi connectivity index (χ4n) is 2.39. The van der Waals surface area contributed by atoms with Crippen molar-refractivity contribution in [1.82, 2.24) is 5.32 Å². The van der Waals surface area contributed by atoms with E-state index in [0.717, 1.165) is 11.1 Å². The molecule has 2 atom stereocenters. The summed E-state index contributed by atoms with van der Waals surface area (Å²) in [4.78, 5) is 12.8. The van der Waals surface area contributed by atoms with Crippen LogP contribution in [-0.2, 0) is 4.79 Å². The summed E-state index contributed by atoms with van der Waals surface area (Å²) in [6.45, 7) is 3.90. The average molecular weight is 297 g/mol. The van der Waals surface area contributed by atoms with Crippen LogP contribution < -0.4 is 5.32 Å². The van der Waals surface area contributed by atoms with Gasteiger partial charge in [-0.05, 0) is 24.0 Å². The highest BCUT2D eigenvalue weighted by atomic mass is 16.3. The Hall–Kier alpha value is -2.13. The largest absolute Gasteiger partial charge is 0.396 e. The number of nitrogens with one attached hydrogen (secondary N) is 1. The van der Waals surface area contributed by atoms with Crippen LogP contribution in [-0.4, -0.2) is 23.7 Å². The fraction of sp³-hybridized carbons (Fsp3) is 0.316. The number of aliphatic hydroxyl groups excluding tert-OH is 1. The molecule has 116 valence electrons. The molecule has 0 radical (unpaired) electrons. The number of hydrogen-bond acceptors (Lipinski definition) is 2. The van der Waals surface area contributed by atoms with E-state index in [-0.39, 0.29) is 30.4 Å². The third-order valence-electron chi connectivity index (χ3n) is 4.04. The van der Waals surface area contributed by atoms with Crippen molar-refractivity contribution in [3.8, 4) is 0 Å². The summed E-state index contributed by atoms with van der Waals surface area (Å²) in [7, 11) is 0. The number of amides is 1. The predicted octanol–water partition coefficient (Wildman–Crippen LogP) is 2.95. The molecule has 2 aromatic carbocycles. The Labute approximate surface area is 132 Å². The van der Waals surface area contributed by atoms with Crippen LogP contribution >= 0.6 is 0 Å². The summed E-state index contributed by atoms with van der Waals surface area (Å²) >= 11 is 0. The minimum Gasteiger partial charge on any atom is -0.396 e. The molecule has 2 rings (SSSR count). The molecule has 0 aliphatic heterocycles. The lowest BCUT2D eigenvalue weighted by Crippen LogP contribution is -2.41. The van der Waals surface area contributed by atoms with Crippen LogP contribution in [0, 0.1) is 5.92 Å². The van der Waals surface area contributed by atoms with Crippen molar-refractivity contribution in [2.75, 3.05) is 6.61 Å². The van der Waals surface area contributed by atoms with Crippen molar-refractivity contribution >= 4 is 5.91 Å². The number of benzene rings is 2. The molecule has 0 saturated heterocycles. The second-order valence-corrected chi connectivity index (χ2v) is 5.71. The van der Waals surface area contributed by atoms with Gasteiger partial charge in [0.15, 0.2) is 0 Å². The Kier molecular flexibility index (Phi) is 5.73. The maximum absolute atomic E-state index is 12.8. The Bertz CT molecular complexity index is 543. The van der Waals surface area contributed by atoms with Gasteiger partial charge in [-0.1, -0.05) is 67.6 Å². The lowest BCUT2D eigenvalue weighted by atomic mass is 9.90. The van der Waals surface area contributed by atoms with Crippen molar-refractivity contribution in [1.29, 1.82) is 0 Å². The van der Waals surface area contributed by atoms with E-state index in [4.69, 9.17) is 0 Å². The van der Waals surface area contributed by atoms with E-state index in [1.807, 2.05) is 74.5 Å². The van der Waals surface area contributed by atoms with Crippen molar-refractivity contribution in [2.24, 2.45) is 5.92 Å². The minimum atomic E-state index is -0.337. The number of hydrogen-bond donors (Lipinski definition) is 2. The summed E-state index contributed by atoms with van der Waals surface area (Å²) in [5, 5.41) is 12.3. The van der Waals surface area contributed by atoms with E-state index >= 15 is 0 Å². The molecular weight excluding hydrogens is 274 g/mol. The molecule has 22 heavy (non-hydrogen) atoms. The van der Waals surface area contributed by atoms with E-state index in [2.05, 4.69) is 5.32 Å². The normalized spacial score (nSPS) is 13.6. The Morgan fingerprint density at radius 1 is 0.955 bits per heavy atom. The number of aliphatic hydroxyl groups is 1. The van der Waals surface area contributed by atoms with Crippen molar-refractivity contribution in [3.63, 3.8) is 0 Å². The van der Waals surface area contributed by atoms with Gasteiger partial charge in [-0.25, -0.2) is 0 Å². The molecule has 3 heteroatoms. The van der Waals surface area contributed by atoms with Gasteiger partial charge in [-0.3, -0.25) is 4.79 Å². The average Bonchev–Trinajstić information content (AvgIpc) is 2.56. The van der Waals surface area contributed by atoms with Crippen LogP contribution in [0.15, 0.2) is 60.7 Å². The predicted molar refractivity (Wildman–Crippen MR) is 88.6 cm³/mol. The Morgan fingerprint density at radius 2 is 1.41 bits per heavy atom. The molecule has 0 aromatic heterocycles. The van der Waals surface area contributed by atoms with Crippen molar-refractivity contribution in [3.05, 3.63) is 71.8 Å². The maximum atomic E-state index is 12.8. The second kappa shape index (κ2) is 7.76. The minimum absolute atomic E-state index is 0.0242. The van der Waals surface area contributed by atoms with Gasteiger partial charge in [0.25, 0.3) is 0 Å². The van der Waals surface area contributed by atoms with Gasteiger partial charge in [0, 0.05) is 12.6 Å². The van der Waals surface area contributed by atoms with Crippen LogP contribution in [0.25, 0.3) is 0 Å². The standard InChI is InChI=1S/C19H23NO2/c1-14(13-21)15(2)20-19(22)18(16-9-5-3-6-10-16)17-11-7-4-8-12-17/h3-12,14-15,18,21H,13H2,1-2H3,(H,20,22). The first kappa shape index (κ1) is 16.2. The highest BCUT2D eigenvalue weighted by Gasteiger charge is 2.24. The summed E-state index contributed by atoms with van der Waals surface area (Å²) < 4.78 is 0. The highest BCUT2D eigenvalue weighted by Crippen LogP contribution is 2.25. The van der Waals surface area contributed by atoms with Crippen LogP contribution in [0.2, 0.25) is 0 Å². The maximum Gasteiger partial charge on any atom is 0.232 e. The van der Waals surface area contributed by atoms with Crippen LogP contribution in [0.3, 0.4) is 0 Å². The molecule has 0 heterocycles. The van der Waals surface area contributed by atoms with Gasteiger partial charge in [-0.2, -0.15) is 0 Å². The van der Waals surface area contributed by atoms with Gasteiger partial charge < -0.3 is 10.4 Å². The topological polar surface area (TPSA) is 49.3 Å². The van der Waals surface area contributed by atoms with Crippen molar-refractivity contribution < 1.29 is 9.90 Å². The summed E-state index contributed by atoms with van der Waals surface area (Å²) in [5.74, 6) is -0.350. The van der Waals surface area contributed by atoms with Crippen molar-refractivity contribution in [2.45, 2.75) is 25.8 Å². The molecule has 0 aliphatic rings. The van der Waals surface area contributed by atoms with Crippen LogP contribution in [0.1, 0.15) is 30.9 Å². The first-order valence-corrected chi connectivity index (χ1v) is 7.64. The molecule has 3 nitrogen and oxygen atoms in total. The van der Waals surface area contributed by atoms with E-state index in [9.17, 15) is 9.90 Å². The SMILES string of the molecule is CC(CO)C(C)NC(=O)C(c1ccccc1)c1ccccc1. The molecule has 1 amide bonds. The van der Waals surface area contributed by atoms with E-state index in [0.29, 0.717) is 0 Å². The molecule has 2 unspecified atom stereocenters. The van der Waals surface area contributed by atoms with E-state index in [1.54, 1.807) is 0 Å². The second-order valence-electron chi connectivity index (χ2n) is 5.71. The molecule has 0 aliphatic carbocycles. The monoisotopic (exact) mass is 297 g/mol. The molecule has 2 aromatic rings. The van der Waals surface area contributed by atoms with Gasteiger partial charge in [0.1, 0.15) is 0 Å². The third kappa shape index (κ3) is 3.95. The third-order valence-corrected chi connectivity index (χ3v) is 4.04. The lowest BCUT2D eigenvalue weighted by Gasteiger charge is -2.24. The van der Waals surface area contributed by atoms with Gasteiger partial charge in [0.2, 0.25) is 5.91 Å². The molecule has 0 spiro atoms. The van der Waals surface area contributed by atoms with E-state index in [1.165, 1.54) is 0 Å². The number of carbonyl (C=O) groups is 1. The van der Waals surface area contributed by atoms with Crippen LogP contribution in [0.4, 0.5) is 0 Å². The van der Waals surface area contributed by atoms with Gasteiger partial charge in [-0.15, -0.1) is 0 Å².